The number of fused-ring (bicyclic) bond motifs is 1. The first kappa shape index (κ1) is 12.2. The first-order valence-electron chi connectivity index (χ1n) is 6.08. The summed E-state index contributed by atoms with van der Waals surface area (Å²) in [5.74, 6) is 0.258. The lowest BCUT2D eigenvalue weighted by Crippen LogP contribution is -2.13. The maximum absolute atomic E-state index is 12.3. The fourth-order valence-electron chi connectivity index (χ4n) is 1.98. The molecule has 2 aromatic carbocycles. The number of nitrogens with one attached hydrogen (secondary N) is 1. The highest BCUT2D eigenvalue weighted by Crippen LogP contribution is 2.25. The Morgan fingerprint density at radius 1 is 1.15 bits per heavy atom. The zero-order chi connectivity index (χ0) is 13.9. The highest BCUT2D eigenvalue weighted by atomic mass is 16.5. The molecule has 5 nitrogen and oxygen atoms in total. The molecule has 0 bridgehead atoms. The number of aromatic nitrogens is 1. The monoisotopic (exact) mass is 268 g/mol. The van der Waals surface area contributed by atoms with E-state index in [1.165, 1.54) is 0 Å². The van der Waals surface area contributed by atoms with Gasteiger partial charge < -0.3 is 14.6 Å². The Hall–Kier alpha value is -2.82. The number of hydrogen-bond acceptors (Lipinski definition) is 4. The van der Waals surface area contributed by atoms with Gasteiger partial charge in [0.15, 0.2) is 11.3 Å². The number of benzene rings is 2. The molecule has 100 valence electrons. The summed E-state index contributed by atoms with van der Waals surface area (Å²) < 4.78 is 10.3. The molecule has 0 atom stereocenters. The minimum absolute atomic E-state index is 0.256. The SMILES string of the molecule is COc1ccccc1NC(=O)c1noc2ccccc12. The third-order valence-electron chi connectivity index (χ3n) is 2.95. The Bertz CT molecular complexity index is 764. The summed E-state index contributed by atoms with van der Waals surface area (Å²) in [7, 11) is 1.55. The molecular formula is C15H12N2O3. The smallest absolute Gasteiger partial charge is 0.278 e. The highest BCUT2D eigenvalue weighted by molar-refractivity contribution is 6.11. The Labute approximate surface area is 115 Å². The number of nitrogens with zero attached hydrogens (tertiary/aromatic N) is 1. The van der Waals surface area contributed by atoms with Crippen molar-refractivity contribution in [3.05, 3.63) is 54.2 Å². The lowest BCUT2D eigenvalue weighted by atomic mass is 10.2. The standard InChI is InChI=1S/C15H12N2O3/c1-19-13-9-5-3-7-11(13)16-15(18)14-10-6-2-4-8-12(10)20-17-14/h2-9H,1H3,(H,16,18). The van der Waals surface area contributed by atoms with E-state index in [4.69, 9.17) is 9.26 Å². The van der Waals surface area contributed by atoms with Gasteiger partial charge in [0.2, 0.25) is 0 Å². The molecule has 0 aliphatic carbocycles. The first-order chi connectivity index (χ1) is 9.79. The number of carbonyl (C=O) groups is 1. The van der Waals surface area contributed by atoms with Crippen LogP contribution in [0, 0.1) is 0 Å². The highest BCUT2D eigenvalue weighted by Gasteiger charge is 2.16. The first-order valence-corrected chi connectivity index (χ1v) is 6.08. The van der Waals surface area contributed by atoms with Gasteiger partial charge in [0.05, 0.1) is 18.2 Å². The van der Waals surface area contributed by atoms with E-state index in [0.717, 1.165) is 0 Å². The van der Waals surface area contributed by atoms with Crippen LogP contribution < -0.4 is 10.1 Å². The van der Waals surface area contributed by atoms with E-state index < -0.39 is 0 Å². The molecule has 20 heavy (non-hydrogen) atoms. The molecule has 3 rings (SSSR count). The second-order valence-corrected chi connectivity index (χ2v) is 4.18. The molecule has 0 fully saturated rings. The number of methoxy groups -OCH3 is 1. The van der Waals surface area contributed by atoms with E-state index in [2.05, 4.69) is 10.5 Å². The summed E-state index contributed by atoms with van der Waals surface area (Å²) in [6.07, 6.45) is 0. The summed E-state index contributed by atoms with van der Waals surface area (Å²) in [5.41, 5.74) is 1.43. The summed E-state index contributed by atoms with van der Waals surface area (Å²) in [5, 5.41) is 7.27. The molecule has 5 heteroatoms. The van der Waals surface area contributed by atoms with E-state index in [-0.39, 0.29) is 11.6 Å². The van der Waals surface area contributed by atoms with Gasteiger partial charge in [0.25, 0.3) is 5.91 Å². The predicted molar refractivity (Wildman–Crippen MR) is 75.0 cm³/mol. The predicted octanol–water partition coefficient (Wildman–Crippen LogP) is 3.09. The van der Waals surface area contributed by atoms with Gasteiger partial charge in [0.1, 0.15) is 5.75 Å². The van der Waals surface area contributed by atoms with Gasteiger partial charge in [-0.15, -0.1) is 0 Å². The quantitative estimate of drug-likeness (QED) is 0.792. The van der Waals surface area contributed by atoms with Gasteiger partial charge in [0, 0.05) is 0 Å². The van der Waals surface area contributed by atoms with Crippen LogP contribution in [0.2, 0.25) is 0 Å². The molecule has 1 amide bonds. The average Bonchev–Trinajstić information content (AvgIpc) is 2.92. The zero-order valence-electron chi connectivity index (χ0n) is 10.8. The number of ether oxygens (including phenoxy) is 1. The zero-order valence-corrected chi connectivity index (χ0v) is 10.8. The van der Waals surface area contributed by atoms with Crippen molar-refractivity contribution in [3.8, 4) is 5.75 Å². The van der Waals surface area contributed by atoms with Crippen molar-refractivity contribution in [2.75, 3.05) is 12.4 Å². The van der Waals surface area contributed by atoms with Crippen molar-refractivity contribution in [1.82, 2.24) is 5.16 Å². The number of rotatable bonds is 3. The number of para-hydroxylation sites is 3. The van der Waals surface area contributed by atoms with Crippen LogP contribution in [0.25, 0.3) is 11.0 Å². The molecule has 0 aliphatic heterocycles. The van der Waals surface area contributed by atoms with Crippen LogP contribution in [0.1, 0.15) is 10.5 Å². The molecule has 0 radical (unpaired) electrons. The second kappa shape index (κ2) is 5.05. The molecule has 0 saturated heterocycles. The maximum Gasteiger partial charge on any atom is 0.278 e. The van der Waals surface area contributed by atoms with E-state index >= 15 is 0 Å². The van der Waals surface area contributed by atoms with Crippen molar-refractivity contribution < 1.29 is 14.1 Å². The van der Waals surface area contributed by atoms with E-state index in [1.807, 2.05) is 24.3 Å². The molecule has 0 saturated carbocycles. The number of carbonyl (C=O) groups excluding carboxylic acids is 1. The average molecular weight is 268 g/mol. The lowest BCUT2D eigenvalue weighted by Gasteiger charge is -2.08. The van der Waals surface area contributed by atoms with Crippen LogP contribution >= 0.6 is 0 Å². The topological polar surface area (TPSA) is 64.4 Å². The van der Waals surface area contributed by atoms with Gasteiger partial charge in [-0.05, 0) is 24.3 Å². The maximum atomic E-state index is 12.3. The van der Waals surface area contributed by atoms with Crippen LogP contribution in [0.3, 0.4) is 0 Å². The van der Waals surface area contributed by atoms with Crippen molar-refractivity contribution in [1.29, 1.82) is 0 Å². The Balaban J connectivity index is 1.93. The number of anilines is 1. The van der Waals surface area contributed by atoms with Crippen LogP contribution in [-0.2, 0) is 0 Å². The number of hydrogen-bond donors (Lipinski definition) is 1. The van der Waals surface area contributed by atoms with E-state index in [0.29, 0.717) is 22.4 Å². The van der Waals surface area contributed by atoms with Crippen LogP contribution in [0.15, 0.2) is 53.1 Å². The minimum atomic E-state index is -0.334. The van der Waals surface area contributed by atoms with Gasteiger partial charge in [-0.25, -0.2) is 0 Å². The molecule has 0 spiro atoms. The van der Waals surface area contributed by atoms with E-state index in [1.54, 1.807) is 31.4 Å². The minimum Gasteiger partial charge on any atom is -0.495 e. The summed E-state index contributed by atoms with van der Waals surface area (Å²) in [4.78, 5) is 12.3. The molecule has 0 unspecified atom stereocenters. The Kier molecular flexibility index (Phi) is 3.09. The number of amides is 1. The van der Waals surface area contributed by atoms with Gasteiger partial charge >= 0.3 is 0 Å². The van der Waals surface area contributed by atoms with Crippen molar-refractivity contribution in [3.63, 3.8) is 0 Å². The van der Waals surface area contributed by atoms with Crippen molar-refractivity contribution in [2.45, 2.75) is 0 Å². The lowest BCUT2D eigenvalue weighted by molar-refractivity contribution is 0.101. The van der Waals surface area contributed by atoms with Crippen LogP contribution in [0.4, 0.5) is 5.69 Å². The second-order valence-electron chi connectivity index (χ2n) is 4.18. The van der Waals surface area contributed by atoms with Crippen molar-refractivity contribution in [2.24, 2.45) is 0 Å². The van der Waals surface area contributed by atoms with Crippen LogP contribution in [-0.4, -0.2) is 18.2 Å². The fourth-order valence-corrected chi connectivity index (χ4v) is 1.98. The largest absolute Gasteiger partial charge is 0.495 e. The molecule has 3 aromatic rings. The van der Waals surface area contributed by atoms with Crippen LogP contribution in [0.5, 0.6) is 5.75 Å². The molecule has 1 heterocycles. The van der Waals surface area contributed by atoms with Gasteiger partial charge in [-0.3, -0.25) is 4.79 Å². The summed E-state index contributed by atoms with van der Waals surface area (Å²) >= 11 is 0. The molecule has 1 aromatic heterocycles. The summed E-state index contributed by atoms with van der Waals surface area (Å²) in [6.45, 7) is 0. The van der Waals surface area contributed by atoms with Gasteiger partial charge in [-0.2, -0.15) is 0 Å². The molecule has 1 N–H and O–H groups in total. The summed E-state index contributed by atoms with van der Waals surface area (Å²) in [6, 6.07) is 14.4. The third-order valence-corrected chi connectivity index (χ3v) is 2.95. The fraction of sp³-hybridized carbons (Fsp3) is 0.0667. The van der Waals surface area contributed by atoms with Crippen molar-refractivity contribution >= 4 is 22.6 Å². The molecular weight excluding hydrogens is 256 g/mol. The Morgan fingerprint density at radius 3 is 2.75 bits per heavy atom. The third kappa shape index (κ3) is 2.09. The normalized spacial score (nSPS) is 10.4. The molecule has 0 aliphatic rings. The van der Waals surface area contributed by atoms with Gasteiger partial charge in [-0.1, -0.05) is 29.4 Å². The van der Waals surface area contributed by atoms with E-state index in [9.17, 15) is 4.79 Å². The Morgan fingerprint density at radius 2 is 1.90 bits per heavy atom.